The average Bonchev–Trinajstić information content (AvgIpc) is 3.34. The van der Waals surface area contributed by atoms with Crippen molar-refractivity contribution in [3.63, 3.8) is 0 Å². The summed E-state index contributed by atoms with van der Waals surface area (Å²) in [6.45, 7) is 3.07. The SMILES string of the molecule is Cc1noc(-c2ccc(C(=O)OCC(=O)Nc3ccccc3C(=O)NC(C)c3ccccc3)cc2)n1. The highest BCUT2D eigenvalue weighted by molar-refractivity contribution is 6.04. The largest absolute Gasteiger partial charge is 0.452 e. The Morgan fingerprint density at radius 2 is 1.64 bits per heavy atom. The zero-order chi connectivity index (χ0) is 25.5. The molecule has 9 heteroatoms. The molecule has 2 N–H and O–H groups in total. The minimum absolute atomic E-state index is 0.223. The summed E-state index contributed by atoms with van der Waals surface area (Å²) in [4.78, 5) is 41.8. The molecule has 0 saturated carbocycles. The maximum absolute atomic E-state index is 12.9. The summed E-state index contributed by atoms with van der Waals surface area (Å²) in [7, 11) is 0. The zero-order valence-electron chi connectivity index (χ0n) is 19.7. The lowest BCUT2D eigenvalue weighted by Gasteiger charge is -2.16. The molecule has 1 heterocycles. The van der Waals surface area contributed by atoms with E-state index in [2.05, 4.69) is 20.8 Å². The predicted octanol–water partition coefficient (Wildman–Crippen LogP) is 4.33. The van der Waals surface area contributed by atoms with E-state index in [0.29, 0.717) is 28.5 Å². The van der Waals surface area contributed by atoms with Crippen molar-refractivity contribution in [2.24, 2.45) is 0 Å². The fraction of sp³-hybridized carbons (Fsp3) is 0.148. The molecule has 0 radical (unpaired) electrons. The minimum Gasteiger partial charge on any atom is -0.452 e. The first kappa shape index (κ1) is 24.3. The van der Waals surface area contributed by atoms with Crippen LogP contribution in [0.3, 0.4) is 0 Å². The molecule has 0 spiro atoms. The molecule has 9 nitrogen and oxygen atoms in total. The molecule has 36 heavy (non-hydrogen) atoms. The van der Waals surface area contributed by atoms with Gasteiger partial charge in [-0.05, 0) is 55.8 Å². The number of carbonyl (C=O) groups excluding carboxylic acids is 3. The number of amides is 2. The average molecular weight is 485 g/mol. The summed E-state index contributed by atoms with van der Waals surface area (Å²) < 4.78 is 10.2. The third-order valence-electron chi connectivity index (χ3n) is 5.32. The van der Waals surface area contributed by atoms with E-state index >= 15 is 0 Å². The molecular weight excluding hydrogens is 460 g/mol. The number of hydrogen-bond acceptors (Lipinski definition) is 7. The second-order valence-corrected chi connectivity index (χ2v) is 8.00. The number of nitrogens with zero attached hydrogens (tertiary/aromatic N) is 2. The van der Waals surface area contributed by atoms with Crippen molar-refractivity contribution in [1.29, 1.82) is 0 Å². The first-order valence-corrected chi connectivity index (χ1v) is 11.2. The second-order valence-electron chi connectivity index (χ2n) is 8.00. The van der Waals surface area contributed by atoms with Crippen LogP contribution in [0.25, 0.3) is 11.5 Å². The fourth-order valence-corrected chi connectivity index (χ4v) is 3.45. The van der Waals surface area contributed by atoms with Crippen LogP contribution in [0.15, 0.2) is 83.4 Å². The van der Waals surface area contributed by atoms with Crippen LogP contribution in [0.1, 0.15) is 45.1 Å². The monoisotopic (exact) mass is 484 g/mol. The zero-order valence-corrected chi connectivity index (χ0v) is 19.7. The van der Waals surface area contributed by atoms with Crippen LogP contribution < -0.4 is 10.6 Å². The Balaban J connectivity index is 1.33. The first-order chi connectivity index (χ1) is 17.4. The Labute approximate surface area is 207 Å². The lowest BCUT2D eigenvalue weighted by atomic mass is 10.1. The van der Waals surface area contributed by atoms with E-state index in [1.54, 1.807) is 55.5 Å². The summed E-state index contributed by atoms with van der Waals surface area (Å²) in [5.74, 6) is -0.730. The smallest absolute Gasteiger partial charge is 0.338 e. The molecule has 182 valence electrons. The Bertz CT molecular complexity index is 1370. The summed E-state index contributed by atoms with van der Waals surface area (Å²) in [5.41, 5.74) is 2.49. The third kappa shape index (κ3) is 6.01. The molecule has 0 bridgehead atoms. The van der Waals surface area contributed by atoms with Crippen molar-refractivity contribution in [1.82, 2.24) is 15.5 Å². The van der Waals surface area contributed by atoms with Gasteiger partial charge in [-0.3, -0.25) is 9.59 Å². The lowest BCUT2D eigenvalue weighted by molar-refractivity contribution is -0.119. The Hall–Kier alpha value is -4.79. The molecule has 1 atom stereocenters. The van der Waals surface area contributed by atoms with Gasteiger partial charge >= 0.3 is 5.97 Å². The number of ether oxygens (including phenoxy) is 1. The Morgan fingerprint density at radius 3 is 2.33 bits per heavy atom. The van der Waals surface area contributed by atoms with Crippen LogP contribution in [0.4, 0.5) is 5.69 Å². The maximum atomic E-state index is 12.9. The highest BCUT2D eigenvalue weighted by Crippen LogP contribution is 2.19. The summed E-state index contributed by atoms with van der Waals surface area (Å²) in [6.07, 6.45) is 0. The minimum atomic E-state index is -0.666. The lowest BCUT2D eigenvalue weighted by Crippen LogP contribution is -2.28. The molecule has 4 aromatic rings. The van der Waals surface area contributed by atoms with Gasteiger partial charge in [0.25, 0.3) is 17.7 Å². The summed E-state index contributed by atoms with van der Waals surface area (Å²) in [6, 6.07) is 22.3. The number of hydrogen-bond donors (Lipinski definition) is 2. The number of aryl methyl sites for hydroxylation is 1. The van der Waals surface area contributed by atoms with Gasteiger partial charge in [0, 0.05) is 5.56 Å². The molecule has 0 aliphatic carbocycles. The summed E-state index contributed by atoms with van der Waals surface area (Å²) >= 11 is 0. The van der Waals surface area contributed by atoms with Gasteiger partial charge in [-0.25, -0.2) is 4.79 Å². The van der Waals surface area contributed by atoms with E-state index in [1.807, 2.05) is 37.3 Å². The Morgan fingerprint density at radius 1 is 0.944 bits per heavy atom. The molecule has 2 amide bonds. The van der Waals surface area contributed by atoms with E-state index in [0.717, 1.165) is 5.56 Å². The molecule has 0 fully saturated rings. The molecule has 0 saturated heterocycles. The van der Waals surface area contributed by atoms with Gasteiger partial charge < -0.3 is 19.9 Å². The molecule has 0 aliphatic heterocycles. The topological polar surface area (TPSA) is 123 Å². The van der Waals surface area contributed by atoms with Gasteiger partial charge in [-0.15, -0.1) is 0 Å². The predicted molar refractivity (Wildman–Crippen MR) is 132 cm³/mol. The first-order valence-electron chi connectivity index (χ1n) is 11.2. The van der Waals surface area contributed by atoms with Crippen LogP contribution in [0.5, 0.6) is 0 Å². The number of aromatic nitrogens is 2. The Kier molecular flexibility index (Phi) is 7.50. The standard InChI is InChI=1S/C27H24N4O5/c1-17(19-8-4-3-5-9-19)28-25(33)22-10-6-7-11-23(22)30-24(32)16-35-27(34)21-14-12-20(13-15-21)26-29-18(2)31-36-26/h3-15,17H,16H2,1-2H3,(H,28,33)(H,30,32). The van der Waals surface area contributed by atoms with Crippen LogP contribution >= 0.6 is 0 Å². The number of benzene rings is 3. The van der Waals surface area contributed by atoms with Crippen molar-refractivity contribution in [2.45, 2.75) is 19.9 Å². The maximum Gasteiger partial charge on any atom is 0.338 e. The highest BCUT2D eigenvalue weighted by Gasteiger charge is 2.17. The van der Waals surface area contributed by atoms with E-state index < -0.39 is 18.5 Å². The van der Waals surface area contributed by atoms with Gasteiger partial charge in [-0.2, -0.15) is 4.98 Å². The number of rotatable bonds is 8. The van der Waals surface area contributed by atoms with Gasteiger partial charge in [-0.1, -0.05) is 47.6 Å². The molecule has 0 aliphatic rings. The molecule has 1 unspecified atom stereocenters. The van der Waals surface area contributed by atoms with Crippen molar-refractivity contribution >= 4 is 23.5 Å². The van der Waals surface area contributed by atoms with Gasteiger partial charge in [0.2, 0.25) is 0 Å². The molecular formula is C27H24N4O5. The third-order valence-corrected chi connectivity index (χ3v) is 5.32. The van der Waals surface area contributed by atoms with Gasteiger partial charge in [0.15, 0.2) is 12.4 Å². The number of carbonyl (C=O) groups is 3. The molecule has 1 aromatic heterocycles. The van der Waals surface area contributed by atoms with E-state index in [4.69, 9.17) is 9.26 Å². The second kappa shape index (κ2) is 11.1. The number of nitrogens with one attached hydrogen (secondary N) is 2. The van der Waals surface area contributed by atoms with E-state index in [9.17, 15) is 14.4 Å². The van der Waals surface area contributed by atoms with Crippen molar-refractivity contribution in [3.05, 3.63) is 101 Å². The van der Waals surface area contributed by atoms with Crippen LogP contribution in [0.2, 0.25) is 0 Å². The molecule has 3 aromatic carbocycles. The van der Waals surface area contributed by atoms with E-state index in [1.165, 1.54) is 0 Å². The number of esters is 1. The normalized spacial score (nSPS) is 11.4. The quantitative estimate of drug-likeness (QED) is 0.357. The van der Waals surface area contributed by atoms with Gasteiger partial charge in [0.05, 0.1) is 22.9 Å². The molecule has 4 rings (SSSR count). The fourth-order valence-electron chi connectivity index (χ4n) is 3.45. The van der Waals surface area contributed by atoms with Crippen LogP contribution in [0, 0.1) is 6.92 Å². The highest BCUT2D eigenvalue weighted by atomic mass is 16.5. The number of para-hydroxylation sites is 1. The van der Waals surface area contributed by atoms with Crippen LogP contribution in [-0.2, 0) is 9.53 Å². The number of anilines is 1. The van der Waals surface area contributed by atoms with Gasteiger partial charge in [0.1, 0.15) is 0 Å². The van der Waals surface area contributed by atoms with Crippen molar-refractivity contribution in [3.8, 4) is 11.5 Å². The summed E-state index contributed by atoms with van der Waals surface area (Å²) in [5, 5.41) is 9.30. The van der Waals surface area contributed by atoms with Crippen molar-refractivity contribution in [2.75, 3.05) is 11.9 Å². The van der Waals surface area contributed by atoms with Crippen molar-refractivity contribution < 1.29 is 23.6 Å². The van der Waals surface area contributed by atoms with E-state index in [-0.39, 0.29) is 17.5 Å². The van der Waals surface area contributed by atoms with Crippen LogP contribution in [-0.4, -0.2) is 34.5 Å².